The van der Waals surface area contributed by atoms with Crippen molar-refractivity contribution in [2.75, 3.05) is 24.9 Å². The summed E-state index contributed by atoms with van der Waals surface area (Å²) in [6.07, 6.45) is 1.91. The molecule has 136 valence electrons. The first kappa shape index (κ1) is 17.8. The van der Waals surface area contributed by atoms with E-state index in [1.54, 1.807) is 44.6 Å². The number of nitrogens with one attached hydrogen (secondary N) is 2. The summed E-state index contributed by atoms with van der Waals surface area (Å²) in [4.78, 5) is 24.3. The molecular formula is C20H22N2O4. The third-order valence-corrected chi connectivity index (χ3v) is 4.34. The zero-order valence-electron chi connectivity index (χ0n) is 15.1. The highest BCUT2D eigenvalue weighted by atomic mass is 16.5. The highest BCUT2D eigenvalue weighted by molar-refractivity contribution is 6.05. The van der Waals surface area contributed by atoms with Gasteiger partial charge in [0.15, 0.2) is 11.5 Å². The normalized spacial score (nSPS) is 13.0. The molecule has 2 amide bonds. The molecule has 1 aliphatic carbocycles. The molecule has 26 heavy (non-hydrogen) atoms. The maximum atomic E-state index is 12.5. The summed E-state index contributed by atoms with van der Waals surface area (Å²) in [6.45, 7) is 1.88. The maximum Gasteiger partial charge on any atom is 0.255 e. The van der Waals surface area contributed by atoms with E-state index in [-0.39, 0.29) is 17.7 Å². The number of amides is 2. The van der Waals surface area contributed by atoms with Gasteiger partial charge in [-0.25, -0.2) is 0 Å². The van der Waals surface area contributed by atoms with E-state index in [1.165, 1.54) is 0 Å². The van der Waals surface area contributed by atoms with Gasteiger partial charge >= 0.3 is 0 Å². The van der Waals surface area contributed by atoms with Crippen molar-refractivity contribution in [2.24, 2.45) is 5.92 Å². The van der Waals surface area contributed by atoms with Gasteiger partial charge in [0.1, 0.15) is 0 Å². The first-order chi connectivity index (χ1) is 12.5. The molecule has 0 aromatic heterocycles. The largest absolute Gasteiger partial charge is 0.493 e. The molecule has 0 saturated heterocycles. The number of carbonyl (C=O) groups is 2. The minimum absolute atomic E-state index is 0.0446. The lowest BCUT2D eigenvalue weighted by molar-refractivity contribution is -0.117. The third kappa shape index (κ3) is 3.96. The molecule has 0 bridgehead atoms. The van der Waals surface area contributed by atoms with Crippen LogP contribution >= 0.6 is 0 Å². The Bertz CT molecular complexity index is 826. The van der Waals surface area contributed by atoms with Gasteiger partial charge in [0.05, 0.1) is 14.2 Å². The molecule has 0 heterocycles. The quantitative estimate of drug-likeness (QED) is 0.831. The van der Waals surface area contributed by atoms with E-state index < -0.39 is 0 Å². The second-order valence-corrected chi connectivity index (χ2v) is 6.32. The van der Waals surface area contributed by atoms with E-state index >= 15 is 0 Å². The van der Waals surface area contributed by atoms with Gasteiger partial charge in [0.25, 0.3) is 5.91 Å². The fourth-order valence-electron chi connectivity index (χ4n) is 2.60. The molecule has 2 aromatic rings. The average molecular weight is 354 g/mol. The van der Waals surface area contributed by atoms with Crippen LogP contribution in [0.2, 0.25) is 0 Å². The number of anilines is 2. The molecule has 3 rings (SSSR count). The van der Waals surface area contributed by atoms with Gasteiger partial charge in [-0.1, -0.05) is 0 Å². The fraction of sp³-hybridized carbons (Fsp3) is 0.300. The SMILES string of the molecule is COc1cc(C)c(NC(=O)c2ccc(NC(=O)C3CC3)cc2)cc1OC. The Kier molecular flexibility index (Phi) is 5.11. The third-order valence-electron chi connectivity index (χ3n) is 4.34. The molecule has 2 aromatic carbocycles. The van der Waals surface area contributed by atoms with Crippen LogP contribution < -0.4 is 20.1 Å². The smallest absolute Gasteiger partial charge is 0.255 e. The second kappa shape index (κ2) is 7.47. The predicted octanol–water partition coefficient (Wildman–Crippen LogP) is 3.61. The van der Waals surface area contributed by atoms with Crippen molar-refractivity contribution < 1.29 is 19.1 Å². The van der Waals surface area contributed by atoms with Crippen molar-refractivity contribution in [3.8, 4) is 11.5 Å². The number of aryl methyl sites for hydroxylation is 1. The van der Waals surface area contributed by atoms with Crippen molar-refractivity contribution in [2.45, 2.75) is 19.8 Å². The molecule has 0 radical (unpaired) electrons. The Balaban J connectivity index is 1.70. The van der Waals surface area contributed by atoms with Crippen LogP contribution in [0.3, 0.4) is 0 Å². The Labute approximate surface area is 152 Å². The molecule has 0 unspecified atom stereocenters. The first-order valence-corrected chi connectivity index (χ1v) is 8.46. The van der Waals surface area contributed by atoms with Crippen LogP contribution in [0.25, 0.3) is 0 Å². The van der Waals surface area contributed by atoms with Gasteiger partial charge < -0.3 is 20.1 Å². The maximum absolute atomic E-state index is 12.5. The van der Waals surface area contributed by atoms with Gasteiger partial charge in [0.2, 0.25) is 5.91 Å². The predicted molar refractivity (Wildman–Crippen MR) is 100 cm³/mol. The van der Waals surface area contributed by atoms with Gasteiger partial charge in [0, 0.05) is 28.9 Å². The summed E-state index contributed by atoms with van der Waals surface area (Å²) in [7, 11) is 3.12. The van der Waals surface area contributed by atoms with E-state index in [4.69, 9.17) is 9.47 Å². The Hall–Kier alpha value is -3.02. The van der Waals surface area contributed by atoms with Crippen molar-refractivity contribution in [1.82, 2.24) is 0 Å². The zero-order chi connectivity index (χ0) is 18.7. The molecule has 1 saturated carbocycles. The molecule has 0 atom stereocenters. The van der Waals surface area contributed by atoms with Crippen molar-refractivity contribution >= 4 is 23.2 Å². The minimum Gasteiger partial charge on any atom is -0.493 e. The molecule has 2 N–H and O–H groups in total. The van der Waals surface area contributed by atoms with Gasteiger partial charge in [-0.05, 0) is 55.7 Å². The van der Waals surface area contributed by atoms with Crippen LogP contribution in [0.15, 0.2) is 36.4 Å². The van der Waals surface area contributed by atoms with E-state index in [9.17, 15) is 9.59 Å². The summed E-state index contributed by atoms with van der Waals surface area (Å²) >= 11 is 0. The van der Waals surface area contributed by atoms with Crippen molar-refractivity contribution in [3.05, 3.63) is 47.5 Å². The van der Waals surface area contributed by atoms with Crippen LogP contribution in [-0.2, 0) is 4.79 Å². The topological polar surface area (TPSA) is 76.7 Å². The highest BCUT2D eigenvalue weighted by Crippen LogP contribution is 2.33. The molecule has 1 fully saturated rings. The number of rotatable bonds is 6. The van der Waals surface area contributed by atoms with Crippen LogP contribution in [0.1, 0.15) is 28.8 Å². The lowest BCUT2D eigenvalue weighted by atomic mass is 10.1. The first-order valence-electron chi connectivity index (χ1n) is 8.46. The minimum atomic E-state index is -0.236. The average Bonchev–Trinajstić information content (AvgIpc) is 3.48. The molecule has 1 aliphatic rings. The number of benzene rings is 2. The highest BCUT2D eigenvalue weighted by Gasteiger charge is 2.29. The van der Waals surface area contributed by atoms with Gasteiger partial charge in [-0.2, -0.15) is 0 Å². The standard InChI is InChI=1S/C20H22N2O4/c1-12-10-17(25-2)18(26-3)11-16(12)22-20(24)14-6-8-15(9-7-14)21-19(23)13-4-5-13/h6-11,13H,4-5H2,1-3H3,(H,21,23)(H,22,24). The van der Waals surface area contributed by atoms with Gasteiger partial charge in [-0.3, -0.25) is 9.59 Å². The number of hydrogen-bond donors (Lipinski definition) is 2. The molecule has 0 aliphatic heterocycles. The number of ether oxygens (including phenoxy) is 2. The lowest BCUT2D eigenvalue weighted by Gasteiger charge is -2.14. The molecular weight excluding hydrogens is 332 g/mol. The summed E-state index contributed by atoms with van der Waals surface area (Å²) in [5.74, 6) is 1.11. The Morgan fingerprint density at radius 1 is 0.962 bits per heavy atom. The monoisotopic (exact) mass is 354 g/mol. The summed E-state index contributed by atoms with van der Waals surface area (Å²) in [5, 5.41) is 5.73. The Morgan fingerprint density at radius 2 is 1.58 bits per heavy atom. The van der Waals surface area contributed by atoms with Crippen LogP contribution in [-0.4, -0.2) is 26.0 Å². The summed E-state index contributed by atoms with van der Waals surface area (Å²) in [5.41, 5.74) is 2.72. The lowest BCUT2D eigenvalue weighted by Crippen LogP contribution is -2.15. The molecule has 6 heteroatoms. The van der Waals surface area contributed by atoms with Crippen molar-refractivity contribution in [1.29, 1.82) is 0 Å². The van der Waals surface area contributed by atoms with E-state index in [2.05, 4.69) is 10.6 Å². The van der Waals surface area contributed by atoms with Crippen LogP contribution in [0, 0.1) is 12.8 Å². The molecule has 0 spiro atoms. The van der Waals surface area contributed by atoms with Crippen LogP contribution in [0.4, 0.5) is 11.4 Å². The summed E-state index contributed by atoms with van der Waals surface area (Å²) < 4.78 is 10.5. The van der Waals surface area contributed by atoms with E-state index in [1.807, 2.05) is 13.0 Å². The van der Waals surface area contributed by atoms with E-state index in [0.29, 0.717) is 28.4 Å². The second-order valence-electron chi connectivity index (χ2n) is 6.32. The summed E-state index contributed by atoms with van der Waals surface area (Å²) in [6, 6.07) is 10.4. The zero-order valence-corrected chi connectivity index (χ0v) is 15.1. The Morgan fingerprint density at radius 3 is 2.15 bits per heavy atom. The molecule has 6 nitrogen and oxygen atoms in total. The number of carbonyl (C=O) groups excluding carboxylic acids is 2. The van der Waals surface area contributed by atoms with Crippen molar-refractivity contribution in [3.63, 3.8) is 0 Å². The van der Waals surface area contributed by atoms with Gasteiger partial charge in [-0.15, -0.1) is 0 Å². The number of methoxy groups -OCH3 is 2. The number of hydrogen-bond acceptors (Lipinski definition) is 4. The fourth-order valence-corrected chi connectivity index (χ4v) is 2.60. The van der Waals surface area contributed by atoms with Crippen LogP contribution in [0.5, 0.6) is 11.5 Å². The van der Waals surface area contributed by atoms with E-state index in [0.717, 1.165) is 18.4 Å².